The summed E-state index contributed by atoms with van der Waals surface area (Å²) in [7, 11) is 1.94. The molecule has 1 fully saturated rings. The minimum Gasteiger partial charge on any atom is -0.342 e. The van der Waals surface area contributed by atoms with Gasteiger partial charge in [-0.05, 0) is 39.8 Å². The van der Waals surface area contributed by atoms with Crippen molar-refractivity contribution >= 4 is 11.7 Å². The molecule has 16 heavy (non-hydrogen) atoms. The van der Waals surface area contributed by atoms with E-state index >= 15 is 0 Å². The Kier molecular flexibility index (Phi) is 5.46. The zero-order valence-electron chi connectivity index (χ0n) is 10.4. The van der Waals surface area contributed by atoms with E-state index < -0.39 is 0 Å². The van der Waals surface area contributed by atoms with Gasteiger partial charge in [0.15, 0.2) is 0 Å². The molecule has 4 nitrogen and oxygen atoms in total. The Morgan fingerprint density at radius 2 is 1.88 bits per heavy atom. The second-order valence-corrected chi connectivity index (χ2v) is 4.63. The van der Waals surface area contributed by atoms with Gasteiger partial charge >= 0.3 is 0 Å². The zero-order chi connectivity index (χ0) is 12.0. The second-order valence-electron chi connectivity index (χ2n) is 4.63. The maximum absolute atomic E-state index is 11.8. The summed E-state index contributed by atoms with van der Waals surface area (Å²) in [4.78, 5) is 26.5. The molecule has 1 aliphatic heterocycles. The number of hydrogen-bond acceptors (Lipinski definition) is 3. The molecular weight excluding hydrogens is 204 g/mol. The van der Waals surface area contributed by atoms with Crippen LogP contribution >= 0.6 is 0 Å². The van der Waals surface area contributed by atoms with Gasteiger partial charge in [0.2, 0.25) is 5.91 Å². The topological polar surface area (TPSA) is 40.6 Å². The van der Waals surface area contributed by atoms with E-state index in [1.807, 2.05) is 16.8 Å². The van der Waals surface area contributed by atoms with Crippen LogP contribution in [0.3, 0.4) is 0 Å². The number of amides is 1. The van der Waals surface area contributed by atoms with Crippen LogP contribution < -0.4 is 0 Å². The van der Waals surface area contributed by atoms with Crippen LogP contribution in [0.1, 0.15) is 32.6 Å². The predicted molar refractivity (Wildman–Crippen MR) is 63.2 cm³/mol. The molecule has 1 amide bonds. The summed E-state index contributed by atoms with van der Waals surface area (Å²) >= 11 is 0. The van der Waals surface area contributed by atoms with Crippen molar-refractivity contribution < 1.29 is 9.59 Å². The zero-order valence-corrected chi connectivity index (χ0v) is 10.4. The van der Waals surface area contributed by atoms with Crippen LogP contribution in [-0.2, 0) is 9.59 Å². The van der Waals surface area contributed by atoms with Crippen LogP contribution in [0, 0.1) is 0 Å². The lowest BCUT2D eigenvalue weighted by Gasteiger charge is -2.20. The SMILES string of the molecule is CC(=O)CCCN(C)CC(=O)N1CCCC1. The first-order valence-electron chi connectivity index (χ1n) is 6.05. The van der Waals surface area contributed by atoms with Gasteiger partial charge in [0.05, 0.1) is 6.54 Å². The van der Waals surface area contributed by atoms with Crippen molar-refractivity contribution in [2.24, 2.45) is 0 Å². The number of hydrogen-bond donors (Lipinski definition) is 0. The van der Waals surface area contributed by atoms with Gasteiger partial charge in [-0.15, -0.1) is 0 Å². The normalized spacial score (nSPS) is 15.8. The monoisotopic (exact) mass is 226 g/mol. The molecule has 0 aromatic rings. The first-order valence-corrected chi connectivity index (χ1v) is 6.05. The van der Waals surface area contributed by atoms with Crippen molar-refractivity contribution in [1.29, 1.82) is 0 Å². The highest BCUT2D eigenvalue weighted by molar-refractivity contribution is 5.78. The van der Waals surface area contributed by atoms with E-state index in [1.54, 1.807) is 6.92 Å². The van der Waals surface area contributed by atoms with E-state index in [1.165, 1.54) is 0 Å². The maximum Gasteiger partial charge on any atom is 0.236 e. The molecule has 1 aliphatic rings. The molecule has 1 rings (SSSR count). The van der Waals surface area contributed by atoms with Crippen molar-refractivity contribution in [2.75, 3.05) is 33.2 Å². The van der Waals surface area contributed by atoms with Crippen molar-refractivity contribution in [3.8, 4) is 0 Å². The third kappa shape index (κ3) is 4.75. The number of nitrogens with zero attached hydrogens (tertiary/aromatic N) is 2. The molecule has 0 atom stereocenters. The van der Waals surface area contributed by atoms with Gasteiger partial charge in [-0.1, -0.05) is 0 Å². The summed E-state index contributed by atoms with van der Waals surface area (Å²) < 4.78 is 0. The van der Waals surface area contributed by atoms with Crippen LogP contribution in [0.15, 0.2) is 0 Å². The molecule has 1 saturated heterocycles. The Morgan fingerprint density at radius 3 is 2.44 bits per heavy atom. The molecule has 0 unspecified atom stereocenters. The Labute approximate surface area is 97.6 Å². The molecule has 0 aromatic carbocycles. The fraction of sp³-hybridized carbons (Fsp3) is 0.833. The molecular formula is C12H22N2O2. The third-order valence-electron chi connectivity index (χ3n) is 2.93. The molecule has 0 radical (unpaired) electrons. The maximum atomic E-state index is 11.8. The number of rotatable bonds is 6. The quantitative estimate of drug-likeness (QED) is 0.676. The van der Waals surface area contributed by atoms with Gasteiger partial charge in [-0.2, -0.15) is 0 Å². The predicted octanol–water partition coefficient (Wildman–Crippen LogP) is 0.910. The summed E-state index contributed by atoms with van der Waals surface area (Å²) in [5.74, 6) is 0.446. The lowest BCUT2D eigenvalue weighted by molar-refractivity contribution is -0.131. The van der Waals surface area contributed by atoms with Crippen molar-refractivity contribution in [3.63, 3.8) is 0 Å². The number of ketones is 1. The Hall–Kier alpha value is -0.900. The summed E-state index contributed by atoms with van der Waals surface area (Å²) in [5, 5.41) is 0. The molecule has 0 saturated carbocycles. The molecule has 0 aliphatic carbocycles. The van der Waals surface area contributed by atoms with Gasteiger partial charge in [0.1, 0.15) is 5.78 Å². The minimum absolute atomic E-state index is 0.222. The van der Waals surface area contributed by atoms with Crippen molar-refractivity contribution in [1.82, 2.24) is 9.80 Å². The summed E-state index contributed by atoms with van der Waals surface area (Å²) in [6, 6.07) is 0. The highest BCUT2D eigenvalue weighted by atomic mass is 16.2. The Morgan fingerprint density at radius 1 is 1.25 bits per heavy atom. The number of Topliss-reactive ketones (excluding diaryl/α,β-unsaturated/α-hetero) is 1. The highest BCUT2D eigenvalue weighted by Crippen LogP contribution is 2.07. The van der Waals surface area contributed by atoms with E-state index in [0.717, 1.165) is 38.9 Å². The standard InChI is InChI=1S/C12H22N2O2/c1-11(15)6-5-7-13(2)10-12(16)14-8-3-4-9-14/h3-10H2,1-2H3. The minimum atomic E-state index is 0.222. The van der Waals surface area contributed by atoms with Crippen LogP contribution in [-0.4, -0.2) is 54.7 Å². The van der Waals surface area contributed by atoms with Gasteiger partial charge in [0.25, 0.3) is 0 Å². The average Bonchev–Trinajstić information content (AvgIpc) is 2.69. The van der Waals surface area contributed by atoms with Gasteiger partial charge < -0.3 is 9.69 Å². The van der Waals surface area contributed by atoms with Gasteiger partial charge in [0, 0.05) is 19.5 Å². The average molecular weight is 226 g/mol. The molecule has 4 heteroatoms. The van der Waals surface area contributed by atoms with Crippen molar-refractivity contribution in [3.05, 3.63) is 0 Å². The van der Waals surface area contributed by atoms with E-state index in [9.17, 15) is 9.59 Å². The molecule has 0 aromatic heterocycles. The van der Waals surface area contributed by atoms with Crippen LogP contribution in [0.2, 0.25) is 0 Å². The first kappa shape index (κ1) is 13.2. The summed E-state index contributed by atoms with van der Waals surface area (Å²) in [6.45, 7) is 4.74. The molecule has 92 valence electrons. The molecule has 0 spiro atoms. The Bertz CT molecular complexity index is 247. The fourth-order valence-corrected chi connectivity index (χ4v) is 1.97. The first-order chi connectivity index (χ1) is 7.59. The van der Waals surface area contributed by atoms with Crippen LogP contribution in [0.5, 0.6) is 0 Å². The van der Waals surface area contributed by atoms with E-state index in [4.69, 9.17) is 0 Å². The van der Waals surface area contributed by atoms with Gasteiger partial charge in [-0.25, -0.2) is 0 Å². The third-order valence-corrected chi connectivity index (χ3v) is 2.93. The lowest BCUT2D eigenvalue weighted by atomic mass is 10.2. The van der Waals surface area contributed by atoms with E-state index in [-0.39, 0.29) is 11.7 Å². The molecule has 1 heterocycles. The molecule has 0 N–H and O–H groups in total. The van der Waals surface area contributed by atoms with E-state index in [2.05, 4.69) is 0 Å². The summed E-state index contributed by atoms with van der Waals surface area (Å²) in [5.41, 5.74) is 0. The smallest absolute Gasteiger partial charge is 0.236 e. The Balaban J connectivity index is 2.14. The fourth-order valence-electron chi connectivity index (χ4n) is 1.97. The molecule has 0 bridgehead atoms. The lowest BCUT2D eigenvalue weighted by Crippen LogP contribution is -2.37. The van der Waals surface area contributed by atoms with E-state index in [0.29, 0.717) is 13.0 Å². The highest BCUT2D eigenvalue weighted by Gasteiger charge is 2.18. The van der Waals surface area contributed by atoms with Gasteiger partial charge in [-0.3, -0.25) is 9.69 Å². The summed E-state index contributed by atoms with van der Waals surface area (Å²) in [6.07, 6.45) is 3.74. The largest absolute Gasteiger partial charge is 0.342 e. The van der Waals surface area contributed by atoms with Crippen LogP contribution in [0.4, 0.5) is 0 Å². The van der Waals surface area contributed by atoms with Crippen LogP contribution in [0.25, 0.3) is 0 Å². The van der Waals surface area contributed by atoms with Crippen molar-refractivity contribution in [2.45, 2.75) is 32.6 Å². The second kappa shape index (κ2) is 6.63. The number of likely N-dealkylation sites (tertiary alicyclic amines) is 1. The number of likely N-dealkylation sites (N-methyl/N-ethyl adjacent to an activating group) is 1. The number of carbonyl (C=O) groups is 2. The number of carbonyl (C=O) groups excluding carboxylic acids is 2.